The van der Waals surface area contributed by atoms with Crippen LogP contribution < -0.4 is 0 Å². The number of carboxylic acids is 1. The highest BCUT2D eigenvalue weighted by Crippen LogP contribution is 2.22. The monoisotopic (exact) mass is 335 g/mol. The van der Waals surface area contributed by atoms with Gasteiger partial charge in [-0.2, -0.15) is 0 Å². The smallest absolute Gasteiger partial charge is 0.371 e. The maximum Gasteiger partial charge on any atom is 0.371 e. The molecule has 0 saturated carbocycles. The molecular formula is C16H11Cl2NO3. The van der Waals surface area contributed by atoms with Gasteiger partial charge in [0.15, 0.2) is 0 Å². The Kier molecular flexibility index (Phi) is 4.05. The average molecular weight is 336 g/mol. The third kappa shape index (κ3) is 3.24. The number of hydrogen-bond acceptors (Lipinski definition) is 3. The van der Waals surface area contributed by atoms with Gasteiger partial charge in [-0.1, -0.05) is 35.3 Å². The summed E-state index contributed by atoms with van der Waals surface area (Å²) >= 11 is 11.8. The summed E-state index contributed by atoms with van der Waals surface area (Å²) in [4.78, 5) is 14.8. The molecule has 112 valence electrons. The molecule has 2 heterocycles. The second kappa shape index (κ2) is 5.99. The molecule has 0 bridgehead atoms. The fraction of sp³-hybridized carbons (Fsp3) is 0.125. The Bertz CT molecular complexity index is 837. The number of hydrogen-bond donors (Lipinski definition) is 1. The number of furan rings is 1. The first-order valence-corrected chi connectivity index (χ1v) is 7.34. The predicted molar refractivity (Wildman–Crippen MR) is 84.8 cm³/mol. The van der Waals surface area contributed by atoms with Crippen molar-refractivity contribution in [2.45, 2.75) is 12.8 Å². The molecule has 0 atom stereocenters. The summed E-state index contributed by atoms with van der Waals surface area (Å²) in [6.07, 6.45) is 1.51. The number of aromatic carboxylic acids is 1. The summed E-state index contributed by atoms with van der Waals surface area (Å²) in [6, 6.07) is 10.7. The van der Waals surface area contributed by atoms with E-state index in [4.69, 9.17) is 32.7 Å². The number of aryl methyl sites for hydroxylation is 2. The zero-order valence-electron chi connectivity index (χ0n) is 11.3. The molecule has 0 unspecified atom stereocenters. The molecule has 0 aliphatic rings. The minimum atomic E-state index is -1.07. The molecule has 0 saturated heterocycles. The van der Waals surface area contributed by atoms with Gasteiger partial charge in [-0.25, -0.2) is 9.78 Å². The quantitative estimate of drug-likeness (QED) is 0.706. The highest BCUT2D eigenvalue weighted by Gasteiger charge is 2.10. The standard InChI is InChI=1S/C16H11Cl2NO3/c17-14-6-10(7-15(18)19-14)2-1-9-3-4-11-8-13(16(20)21)22-12(11)5-9/h3-8H,1-2H2,(H,20,21). The van der Waals surface area contributed by atoms with Crippen molar-refractivity contribution in [3.05, 3.63) is 63.6 Å². The van der Waals surface area contributed by atoms with Gasteiger partial charge in [-0.05, 0) is 48.2 Å². The number of benzene rings is 1. The highest BCUT2D eigenvalue weighted by molar-refractivity contribution is 6.32. The summed E-state index contributed by atoms with van der Waals surface area (Å²) in [5.41, 5.74) is 2.61. The molecule has 0 aliphatic carbocycles. The largest absolute Gasteiger partial charge is 0.475 e. The van der Waals surface area contributed by atoms with E-state index < -0.39 is 5.97 Å². The van der Waals surface area contributed by atoms with Gasteiger partial charge >= 0.3 is 5.97 Å². The van der Waals surface area contributed by atoms with Crippen LogP contribution in [0.3, 0.4) is 0 Å². The van der Waals surface area contributed by atoms with E-state index in [1.807, 2.05) is 18.2 Å². The summed E-state index contributed by atoms with van der Waals surface area (Å²) < 4.78 is 5.31. The van der Waals surface area contributed by atoms with E-state index in [0.717, 1.165) is 29.4 Å². The Labute approximate surface area is 136 Å². The molecule has 22 heavy (non-hydrogen) atoms. The molecule has 1 aromatic carbocycles. The van der Waals surface area contributed by atoms with E-state index in [2.05, 4.69) is 4.98 Å². The number of carbonyl (C=O) groups is 1. The molecule has 2 aromatic heterocycles. The molecule has 0 aliphatic heterocycles. The number of pyridine rings is 1. The first-order chi connectivity index (χ1) is 10.5. The summed E-state index contributed by atoms with van der Waals surface area (Å²) in [5.74, 6) is -1.13. The molecule has 0 amide bonds. The van der Waals surface area contributed by atoms with E-state index in [1.54, 1.807) is 12.1 Å². The second-order valence-corrected chi connectivity index (χ2v) is 5.68. The molecule has 3 rings (SSSR count). The average Bonchev–Trinajstić information content (AvgIpc) is 2.87. The van der Waals surface area contributed by atoms with Crippen LogP contribution in [0.5, 0.6) is 0 Å². The third-order valence-electron chi connectivity index (χ3n) is 3.32. The lowest BCUT2D eigenvalue weighted by atomic mass is 10.0. The summed E-state index contributed by atoms with van der Waals surface area (Å²) in [7, 11) is 0. The van der Waals surface area contributed by atoms with E-state index in [0.29, 0.717) is 15.9 Å². The molecule has 0 radical (unpaired) electrons. The number of nitrogens with zero attached hydrogens (tertiary/aromatic N) is 1. The van der Waals surface area contributed by atoms with Crippen molar-refractivity contribution in [2.75, 3.05) is 0 Å². The van der Waals surface area contributed by atoms with Crippen LogP contribution in [0.15, 0.2) is 40.8 Å². The van der Waals surface area contributed by atoms with Gasteiger partial charge in [0.05, 0.1) is 0 Å². The van der Waals surface area contributed by atoms with Gasteiger partial charge in [0.1, 0.15) is 15.9 Å². The van der Waals surface area contributed by atoms with Gasteiger partial charge < -0.3 is 9.52 Å². The second-order valence-electron chi connectivity index (χ2n) is 4.91. The van der Waals surface area contributed by atoms with Crippen LogP contribution in [0.2, 0.25) is 10.3 Å². The molecular weight excluding hydrogens is 325 g/mol. The third-order valence-corrected chi connectivity index (χ3v) is 3.71. The molecule has 6 heteroatoms. The predicted octanol–water partition coefficient (Wildman–Crippen LogP) is 4.62. The first-order valence-electron chi connectivity index (χ1n) is 6.59. The number of rotatable bonds is 4. The van der Waals surface area contributed by atoms with Crippen LogP contribution >= 0.6 is 23.2 Å². The van der Waals surface area contributed by atoms with Crippen molar-refractivity contribution in [1.29, 1.82) is 0 Å². The Morgan fingerprint density at radius 3 is 2.41 bits per heavy atom. The molecule has 0 fully saturated rings. The lowest BCUT2D eigenvalue weighted by Gasteiger charge is -2.03. The number of fused-ring (bicyclic) bond motifs is 1. The van der Waals surface area contributed by atoms with Gasteiger partial charge in [-0.3, -0.25) is 0 Å². The van der Waals surface area contributed by atoms with Crippen molar-refractivity contribution in [3.8, 4) is 0 Å². The number of halogens is 2. The lowest BCUT2D eigenvalue weighted by Crippen LogP contribution is -1.92. The van der Waals surface area contributed by atoms with Gasteiger partial charge in [0.25, 0.3) is 0 Å². The fourth-order valence-corrected chi connectivity index (χ4v) is 2.79. The molecule has 1 N–H and O–H groups in total. The number of aromatic nitrogens is 1. The van der Waals surface area contributed by atoms with Crippen molar-refractivity contribution >= 4 is 40.1 Å². The zero-order valence-corrected chi connectivity index (χ0v) is 12.9. The van der Waals surface area contributed by atoms with E-state index in [-0.39, 0.29) is 5.76 Å². The summed E-state index contributed by atoms with van der Waals surface area (Å²) in [5, 5.41) is 10.4. The van der Waals surface area contributed by atoms with Crippen LogP contribution in [0.4, 0.5) is 0 Å². The maximum atomic E-state index is 10.9. The molecule has 3 aromatic rings. The van der Waals surface area contributed by atoms with E-state index >= 15 is 0 Å². The molecule has 0 spiro atoms. The van der Waals surface area contributed by atoms with Crippen LogP contribution in [0, 0.1) is 0 Å². The fourth-order valence-electron chi connectivity index (χ4n) is 2.28. The van der Waals surface area contributed by atoms with Gasteiger partial charge in [-0.15, -0.1) is 0 Å². The normalized spacial score (nSPS) is 11.0. The minimum Gasteiger partial charge on any atom is -0.475 e. The lowest BCUT2D eigenvalue weighted by molar-refractivity contribution is 0.0665. The Morgan fingerprint density at radius 2 is 1.73 bits per heavy atom. The molecule has 4 nitrogen and oxygen atoms in total. The number of carboxylic acid groups (broad SMARTS) is 1. The van der Waals surface area contributed by atoms with Crippen molar-refractivity contribution in [2.24, 2.45) is 0 Å². The van der Waals surface area contributed by atoms with Crippen LogP contribution in [0.1, 0.15) is 21.7 Å². The SMILES string of the molecule is O=C(O)c1cc2ccc(CCc3cc(Cl)nc(Cl)c3)cc2o1. The van der Waals surface area contributed by atoms with Gasteiger partial charge in [0.2, 0.25) is 5.76 Å². The van der Waals surface area contributed by atoms with E-state index in [1.165, 1.54) is 6.07 Å². The maximum absolute atomic E-state index is 10.9. The van der Waals surface area contributed by atoms with Crippen LogP contribution in [-0.2, 0) is 12.8 Å². The Morgan fingerprint density at radius 1 is 1.05 bits per heavy atom. The van der Waals surface area contributed by atoms with Crippen LogP contribution in [0.25, 0.3) is 11.0 Å². The van der Waals surface area contributed by atoms with Gasteiger partial charge in [0, 0.05) is 5.39 Å². The first kappa shape index (κ1) is 14.9. The van der Waals surface area contributed by atoms with Crippen molar-refractivity contribution in [1.82, 2.24) is 4.98 Å². The van der Waals surface area contributed by atoms with E-state index in [9.17, 15) is 4.79 Å². The zero-order chi connectivity index (χ0) is 15.7. The Balaban J connectivity index is 1.80. The van der Waals surface area contributed by atoms with Crippen LogP contribution in [-0.4, -0.2) is 16.1 Å². The Hall–Kier alpha value is -2.04. The highest BCUT2D eigenvalue weighted by atomic mass is 35.5. The minimum absolute atomic E-state index is 0.0557. The topological polar surface area (TPSA) is 63.3 Å². The summed E-state index contributed by atoms with van der Waals surface area (Å²) in [6.45, 7) is 0. The van der Waals surface area contributed by atoms with Crippen molar-refractivity contribution in [3.63, 3.8) is 0 Å². The van der Waals surface area contributed by atoms with Crippen molar-refractivity contribution < 1.29 is 14.3 Å².